The standard InChI is InChI=1S/C13H9N3O2/c17-13(18)11-7-10(5-6-14-11)16-12-4-2-1-3-9(12)8-15-16/h1-8H,(H,17,18). The van der Waals surface area contributed by atoms with Crippen LogP contribution in [0.5, 0.6) is 0 Å². The normalized spacial score (nSPS) is 10.7. The number of carbonyl (C=O) groups is 1. The predicted molar refractivity (Wildman–Crippen MR) is 65.8 cm³/mol. The van der Waals surface area contributed by atoms with E-state index in [2.05, 4.69) is 10.1 Å². The number of nitrogens with zero attached hydrogens (tertiary/aromatic N) is 3. The molecule has 5 heteroatoms. The third-order valence-corrected chi connectivity index (χ3v) is 2.68. The van der Waals surface area contributed by atoms with E-state index in [4.69, 9.17) is 5.11 Å². The predicted octanol–water partition coefficient (Wildman–Crippen LogP) is 2.12. The zero-order valence-corrected chi connectivity index (χ0v) is 9.32. The second kappa shape index (κ2) is 3.96. The summed E-state index contributed by atoms with van der Waals surface area (Å²) in [6, 6.07) is 11.0. The molecule has 1 aromatic carbocycles. The third-order valence-electron chi connectivity index (χ3n) is 2.68. The number of para-hydroxylation sites is 1. The third kappa shape index (κ3) is 1.62. The van der Waals surface area contributed by atoms with Gasteiger partial charge in [-0.15, -0.1) is 0 Å². The van der Waals surface area contributed by atoms with Gasteiger partial charge < -0.3 is 5.11 Å². The van der Waals surface area contributed by atoms with Gasteiger partial charge in [-0.25, -0.2) is 14.5 Å². The van der Waals surface area contributed by atoms with Crippen molar-refractivity contribution in [1.82, 2.24) is 14.8 Å². The van der Waals surface area contributed by atoms with Gasteiger partial charge in [0.1, 0.15) is 5.69 Å². The first kappa shape index (κ1) is 10.5. The first-order valence-electron chi connectivity index (χ1n) is 5.38. The Morgan fingerprint density at radius 2 is 2.06 bits per heavy atom. The van der Waals surface area contributed by atoms with E-state index in [1.165, 1.54) is 12.3 Å². The number of benzene rings is 1. The van der Waals surface area contributed by atoms with Crippen molar-refractivity contribution in [2.45, 2.75) is 0 Å². The van der Waals surface area contributed by atoms with Crippen molar-refractivity contribution in [1.29, 1.82) is 0 Å². The van der Waals surface area contributed by atoms with E-state index in [0.29, 0.717) is 5.69 Å². The molecule has 0 radical (unpaired) electrons. The van der Waals surface area contributed by atoms with Crippen LogP contribution in [0.3, 0.4) is 0 Å². The van der Waals surface area contributed by atoms with Crippen LogP contribution in [0.2, 0.25) is 0 Å². The number of aromatic carboxylic acids is 1. The van der Waals surface area contributed by atoms with Crippen molar-refractivity contribution in [3.8, 4) is 5.69 Å². The van der Waals surface area contributed by atoms with Crippen molar-refractivity contribution in [2.75, 3.05) is 0 Å². The second-order valence-electron chi connectivity index (χ2n) is 3.82. The van der Waals surface area contributed by atoms with Gasteiger partial charge in [-0.1, -0.05) is 18.2 Å². The van der Waals surface area contributed by atoms with Crippen LogP contribution in [-0.4, -0.2) is 25.8 Å². The lowest BCUT2D eigenvalue weighted by atomic mass is 10.2. The molecule has 0 amide bonds. The van der Waals surface area contributed by atoms with E-state index in [9.17, 15) is 4.79 Å². The van der Waals surface area contributed by atoms with Gasteiger partial charge in [0.05, 0.1) is 17.4 Å². The molecule has 0 spiro atoms. The largest absolute Gasteiger partial charge is 0.477 e. The van der Waals surface area contributed by atoms with Crippen LogP contribution < -0.4 is 0 Å². The number of carboxylic acids is 1. The lowest BCUT2D eigenvalue weighted by Gasteiger charge is -2.03. The smallest absolute Gasteiger partial charge is 0.354 e. The summed E-state index contributed by atoms with van der Waals surface area (Å²) < 4.78 is 1.70. The summed E-state index contributed by atoms with van der Waals surface area (Å²) in [4.78, 5) is 14.7. The van der Waals surface area contributed by atoms with E-state index >= 15 is 0 Å². The lowest BCUT2D eigenvalue weighted by Crippen LogP contribution is -2.03. The summed E-state index contributed by atoms with van der Waals surface area (Å²) in [5.74, 6) is -1.05. The Kier molecular flexibility index (Phi) is 2.30. The van der Waals surface area contributed by atoms with Gasteiger partial charge in [0, 0.05) is 11.6 Å². The number of rotatable bonds is 2. The highest BCUT2D eigenvalue weighted by Gasteiger charge is 2.08. The van der Waals surface area contributed by atoms with Crippen LogP contribution in [-0.2, 0) is 0 Å². The van der Waals surface area contributed by atoms with Crippen molar-refractivity contribution in [3.05, 3.63) is 54.5 Å². The highest BCUT2D eigenvalue weighted by Crippen LogP contribution is 2.17. The fraction of sp³-hybridized carbons (Fsp3) is 0. The molecular formula is C13H9N3O2. The molecule has 2 aromatic heterocycles. The minimum Gasteiger partial charge on any atom is -0.477 e. The molecule has 88 valence electrons. The molecule has 0 saturated carbocycles. The van der Waals surface area contributed by atoms with Crippen LogP contribution in [0.25, 0.3) is 16.6 Å². The maximum atomic E-state index is 10.9. The van der Waals surface area contributed by atoms with Crippen molar-refractivity contribution >= 4 is 16.9 Å². The summed E-state index contributed by atoms with van der Waals surface area (Å²) in [6.07, 6.45) is 3.21. The molecular weight excluding hydrogens is 230 g/mol. The molecule has 0 aliphatic heterocycles. The Balaban J connectivity index is 2.20. The van der Waals surface area contributed by atoms with Gasteiger partial charge in [-0.2, -0.15) is 5.10 Å². The Labute approximate surface area is 102 Å². The summed E-state index contributed by atoms with van der Waals surface area (Å²) in [6.45, 7) is 0. The zero-order chi connectivity index (χ0) is 12.5. The summed E-state index contributed by atoms with van der Waals surface area (Å²) in [5, 5.41) is 14.2. The molecule has 0 atom stereocenters. The number of aromatic nitrogens is 3. The number of fused-ring (bicyclic) bond motifs is 1. The highest BCUT2D eigenvalue weighted by molar-refractivity contribution is 5.86. The molecule has 18 heavy (non-hydrogen) atoms. The van der Waals surface area contributed by atoms with Gasteiger partial charge >= 0.3 is 5.97 Å². The average molecular weight is 239 g/mol. The molecule has 3 rings (SSSR count). The van der Waals surface area contributed by atoms with E-state index in [1.54, 1.807) is 16.9 Å². The van der Waals surface area contributed by atoms with E-state index < -0.39 is 5.97 Å². The summed E-state index contributed by atoms with van der Waals surface area (Å²) in [5.41, 5.74) is 1.62. The number of hydrogen-bond acceptors (Lipinski definition) is 3. The molecule has 3 aromatic rings. The molecule has 1 N–H and O–H groups in total. The summed E-state index contributed by atoms with van der Waals surface area (Å²) >= 11 is 0. The molecule has 0 saturated heterocycles. The van der Waals surface area contributed by atoms with Gasteiger partial charge in [0.25, 0.3) is 0 Å². The monoisotopic (exact) mass is 239 g/mol. The average Bonchev–Trinajstić information content (AvgIpc) is 2.82. The van der Waals surface area contributed by atoms with Crippen molar-refractivity contribution in [3.63, 3.8) is 0 Å². The van der Waals surface area contributed by atoms with Crippen LogP contribution >= 0.6 is 0 Å². The molecule has 0 fully saturated rings. The molecule has 0 aliphatic rings. The topological polar surface area (TPSA) is 68.0 Å². The van der Waals surface area contributed by atoms with Gasteiger partial charge in [-0.05, 0) is 18.2 Å². The van der Waals surface area contributed by atoms with Crippen molar-refractivity contribution in [2.24, 2.45) is 0 Å². The molecule has 0 aliphatic carbocycles. The number of carboxylic acid groups (broad SMARTS) is 1. The first-order valence-corrected chi connectivity index (χ1v) is 5.38. The van der Waals surface area contributed by atoms with E-state index in [-0.39, 0.29) is 5.69 Å². The zero-order valence-electron chi connectivity index (χ0n) is 9.32. The maximum Gasteiger partial charge on any atom is 0.354 e. The van der Waals surface area contributed by atoms with Crippen LogP contribution in [0.4, 0.5) is 0 Å². The van der Waals surface area contributed by atoms with Crippen LogP contribution in [0.1, 0.15) is 10.5 Å². The minimum absolute atomic E-state index is 0.00656. The Hall–Kier alpha value is -2.69. The lowest BCUT2D eigenvalue weighted by molar-refractivity contribution is 0.0690. The van der Waals surface area contributed by atoms with Crippen molar-refractivity contribution < 1.29 is 9.90 Å². The Morgan fingerprint density at radius 3 is 2.89 bits per heavy atom. The fourth-order valence-electron chi connectivity index (χ4n) is 1.85. The number of hydrogen-bond donors (Lipinski definition) is 1. The number of pyridine rings is 1. The van der Waals surface area contributed by atoms with Gasteiger partial charge in [0.2, 0.25) is 0 Å². The first-order chi connectivity index (χ1) is 8.75. The fourth-order valence-corrected chi connectivity index (χ4v) is 1.85. The molecule has 2 heterocycles. The second-order valence-corrected chi connectivity index (χ2v) is 3.82. The highest BCUT2D eigenvalue weighted by atomic mass is 16.4. The molecule has 0 bridgehead atoms. The molecule has 0 unspecified atom stereocenters. The minimum atomic E-state index is -1.05. The summed E-state index contributed by atoms with van der Waals surface area (Å²) in [7, 11) is 0. The van der Waals surface area contributed by atoms with Crippen LogP contribution in [0.15, 0.2) is 48.8 Å². The van der Waals surface area contributed by atoms with E-state index in [1.807, 2.05) is 24.3 Å². The SMILES string of the molecule is O=C(O)c1cc(-n2ncc3ccccc32)ccn1. The Bertz CT molecular complexity index is 734. The van der Waals surface area contributed by atoms with Gasteiger partial charge in [0.15, 0.2) is 0 Å². The molecule has 5 nitrogen and oxygen atoms in total. The Morgan fingerprint density at radius 1 is 1.22 bits per heavy atom. The van der Waals surface area contributed by atoms with E-state index in [0.717, 1.165) is 10.9 Å². The van der Waals surface area contributed by atoms with Crippen LogP contribution in [0, 0.1) is 0 Å². The quantitative estimate of drug-likeness (QED) is 0.743. The van der Waals surface area contributed by atoms with Gasteiger partial charge in [-0.3, -0.25) is 0 Å². The maximum absolute atomic E-state index is 10.9.